The molecule has 0 fully saturated rings. The molecule has 0 aliphatic carbocycles. The standard InChI is InChI=1S/C9H12F3N3O2S/c1-5(3-2-4-6(16)17)13-8-15-14-7(18-8)9(10,11)12/h5H,2-4H2,1H3,(H,13,15)(H,16,17). The van der Waals surface area contributed by atoms with Crippen molar-refractivity contribution < 1.29 is 23.1 Å². The third kappa shape index (κ3) is 4.86. The second-order valence-corrected chi connectivity index (χ2v) is 4.72. The second-order valence-electron chi connectivity index (χ2n) is 3.74. The van der Waals surface area contributed by atoms with Crippen LogP contribution in [0.3, 0.4) is 0 Å². The van der Waals surface area contributed by atoms with Crippen molar-refractivity contribution in [1.29, 1.82) is 0 Å². The Balaban J connectivity index is 2.42. The third-order valence-corrected chi connectivity index (χ3v) is 2.96. The highest BCUT2D eigenvalue weighted by atomic mass is 32.1. The first-order chi connectivity index (χ1) is 8.29. The van der Waals surface area contributed by atoms with Crippen molar-refractivity contribution in [2.45, 2.75) is 38.4 Å². The van der Waals surface area contributed by atoms with E-state index in [-0.39, 0.29) is 17.6 Å². The van der Waals surface area contributed by atoms with E-state index >= 15 is 0 Å². The fraction of sp³-hybridized carbons (Fsp3) is 0.667. The molecule has 102 valence electrons. The minimum absolute atomic E-state index is 0.0376. The Morgan fingerprint density at radius 1 is 1.50 bits per heavy atom. The van der Waals surface area contributed by atoms with E-state index in [2.05, 4.69) is 15.5 Å². The predicted octanol–water partition coefficient (Wildman–Crippen LogP) is 2.61. The highest BCUT2D eigenvalue weighted by Crippen LogP contribution is 2.33. The summed E-state index contributed by atoms with van der Waals surface area (Å²) in [4.78, 5) is 10.3. The number of carbonyl (C=O) groups is 1. The molecule has 0 aliphatic heterocycles. The monoisotopic (exact) mass is 283 g/mol. The molecule has 18 heavy (non-hydrogen) atoms. The molecule has 1 unspecified atom stereocenters. The lowest BCUT2D eigenvalue weighted by Gasteiger charge is -2.11. The first-order valence-corrected chi connectivity index (χ1v) is 5.99. The number of carboxylic acids is 1. The van der Waals surface area contributed by atoms with Crippen molar-refractivity contribution in [3.05, 3.63) is 5.01 Å². The summed E-state index contributed by atoms with van der Waals surface area (Å²) in [7, 11) is 0. The lowest BCUT2D eigenvalue weighted by molar-refractivity contribution is -0.138. The first kappa shape index (κ1) is 14.7. The van der Waals surface area contributed by atoms with Crippen LogP contribution >= 0.6 is 11.3 Å². The molecule has 0 saturated carbocycles. The zero-order valence-corrected chi connectivity index (χ0v) is 10.3. The van der Waals surface area contributed by atoms with Gasteiger partial charge in [-0.1, -0.05) is 11.3 Å². The van der Waals surface area contributed by atoms with Crippen molar-refractivity contribution in [1.82, 2.24) is 10.2 Å². The molecule has 1 atom stereocenters. The number of hydrogen-bond donors (Lipinski definition) is 2. The number of aromatic nitrogens is 2. The van der Waals surface area contributed by atoms with E-state index < -0.39 is 17.2 Å². The molecule has 0 aromatic carbocycles. The third-order valence-electron chi connectivity index (χ3n) is 2.07. The summed E-state index contributed by atoms with van der Waals surface area (Å²) >= 11 is 0.433. The molecule has 1 rings (SSSR count). The van der Waals surface area contributed by atoms with Crippen LogP contribution in [-0.2, 0) is 11.0 Å². The maximum atomic E-state index is 12.2. The van der Waals surface area contributed by atoms with Crippen molar-refractivity contribution in [2.75, 3.05) is 5.32 Å². The highest BCUT2D eigenvalue weighted by Gasteiger charge is 2.35. The van der Waals surface area contributed by atoms with Gasteiger partial charge in [-0.05, 0) is 19.8 Å². The molecule has 0 saturated heterocycles. The minimum atomic E-state index is -4.48. The van der Waals surface area contributed by atoms with E-state index in [0.29, 0.717) is 24.2 Å². The Bertz CT molecular complexity index is 408. The number of rotatable bonds is 6. The Kier molecular flexibility index (Phi) is 4.88. The number of nitrogens with one attached hydrogen (secondary N) is 1. The molecule has 0 radical (unpaired) electrons. The largest absolute Gasteiger partial charge is 0.481 e. The molecule has 2 N–H and O–H groups in total. The van der Waals surface area contributed by atoms with Gasteiger partial charge in [0.25, 0.3) is 0 Å². The normalized spacial score (nSPS) is 13.3. The molecule has 0 spiro atoms. The van der Waals surface area contributed by atoms with Gasteiger partial charge in [0.1, 0.15) is 0 Å². The first-order valence-electron chi connectivity index (χ1n) is 5.18. The van der Waals surface area contributed by atoms with E-state index in [1.807, 2.05) is 0 Å². The topological polar surface area (TPSA) is 75.1 Å². The van der Waals surface area contributed by atoms with E-state index in [4.69, 9.17) is 5.11 Å². The van der Waals surface area contributed by atoms with Gasteiger partial charge in [0.2, 0.25) is 10.1 Å². The van der Waals surface area contributed by atoms with Gasteiger partial charge in [-0.15, -0.1) is 10.2 Å². The maximum Gasteiger partial charge on any atom is 0.445 e. The van der Waals surface area contributed by atoms with E-state index in [0.717, 1.165) is 0 Å². The molecule has 0 aliphatic rings. The van der Waals surface area contributed by atoms with Crippen LogP contribution in [0.2, 0.25) is 0 Å². The molecule has 1 heterocycles. The SMILES string of the molecule is CC(CCCC(=O)O)Nc1nnc(C(F)(F)F)s1. The summed E-state index contributed by atoms with van der Waals surface area (Å²) in [5, 5.41) is 16.7. The Morgan fingerprint density at radius 3 is 2.67 bits per heavy atom. The number of halogens is 3. The van der Waals surface area contributed by atoms with Crippen LogP contribution < -0.4 is 5.32 Å². The number of hydrogen-bond acceptors (Lipinski definition) is 5. The summed E-state index contributed by atoms with van der Waals surface area (Å²) in [6, 6.07) is -0.154. The summed E-state index contributed by atoms with van der Waals surface area (Å²) in [6.07, 6.45) is -3.46. The number of carboxylic acid groups (broad SMARTS) is 1. The fourth-order valence-corrected chi connectivity index (χ4v) is 1.96. The van der Waals surface area contributed by atoms with Gasteiger partial charge in [-0.25, -0.2) is 0 Å². The van der Waals surface area contributed by atoms with Gasteiger partial charge in [0.15, 0.2) is 0 Å². The van der Waals surface area contributed by atoms with Crippen LogP contribution in [0.25, 0.3) is 0 Å². The summed E-state index contributed by atoms with van der Waals surface area (Å²) in [6.45, 7) is 1.75. The number of nitrogens with zero attached hydrogens (tertiary/aromatic N) is 2. The zero-order valence-electron chi connectivity index (χ0n) is 9.49. The fourth-order valence-electron chi connectivity index (χ4n) is 1.24. The minimum Gasteiger partial charge on any atom is -0.481 e. The van der Waals surface area contributed by atoms with Crippen LogP contribution in [0, 0.1) is 0 Å². The quantitative estimate of drug-likeness (QED) is 0.839. The predicted molar refractivity (Wildman–Crippen MR) is 59.5 cm³/mol. The van der Waals surface area contributed by atoms with Crippen LogP contribution in [0.15, 0.2) is 0 Å². The molecule has 0 bridgehead atoms. The molecule has 1 aromatic rings. The Morgan fingerprint density at radius 2 is 2.17 bits per heavy atom. The highest BCUT2D eigenvalue weighted by molar-refractivity contribution is 7.15. The average molecular weight is 283 g/mol. The second kappa shape index (κ2) is 5.98. The van der Waals surface area contributed by atoms with Crippen molar-refractivity contribution in [3.63, 3.8) is 0 Å². The maximum absolute atomic E-state index is 12.2. The Labute approximate surface area is 105 Å². The molecular weight excluding hydrogens is 271 g/mol. The summed E-state index contributed by atoms with van der Waals surface area (Å²) < 4.78 is 36.7. The van der Waals surface area contributed by atoms with Crippen molar-refractivity contribution in [3.8, 4) is 0 Å². The number of alkyl halides is 3. The number of aliphatic carboxylic acids is 1. The lowest BCUT2D eigenvalue weighted by Crippen LogP contribution is -2.15. The van der Waals surface area contributed by atoms with Crippen LogP contribution in [0.5, 0.6) is 0 Å². The lowest BCUT2D eigenvalue weighted by atomic mass is 10.1. The van der Waals surface area contributed by atoms with Gasteiger partial charge in [0, 0.05) is 12.5 Å². The van der Waals surface area contributed by atoms with Crippen LogP contribution in [-0.4, -0.2) is 27.3 Å². The van der Waals surface area contributed by atoms with Gasteiger partial charge >= 0.3 is 12.1 Å². The summed E-state index contributed by atoms with van der Waals surface area (Å²) in [5.41, 5.74) is 0. The number of anilines is 1. The smallest absolute Gasteiger partial charge is 0.445 e. The molecular formula is C9H12F3N3O2S. The van der Waals surface area contributed by atoms with E-state index in [1.54, 1.807) is 6.92 Å². The van der Waals surface area contributed by atoms with E-state index in [9.17, 15) is 18.0 Å². The van der Waals surface area contributed by atoms with Gasteiger partial charge in [-0.2, -0.15) is 13.2 Å². The van der Waals surface area contributed by atoms with Gasteiger partial charge in [-0.3, -0.25) is 4.79 Å². The molecule has 0 amide bonds. The van der Waals surface area contributed by atoms with Gasteiger partial charge < -0.3 is 10.4 Å². The molecule has 9 heteroatoms. The average Bonchev–Trinajstić information content (AvgIpc) is 2.64. The van der Waals surface area contributed by atoms with Gasteiger partial charge in [0.05, 0.1) is 0 Å². The van der Waals surface area contributed by atoms with Crippen molar-refractivity contribution in [2.24, 2.45) is 0 Å². The van der Waals surface area contributed by atoms with Crippen LogP contribution in [0.4, 0.5) is 18.3 Å². The molecule has 5 nitrogen and oxygen atoms in total. The van der Waals surface area contributed by atoms with Crippen LogP contribution in [0.1, 0.15) is 31.2 Å². The zero-order chi connectivity index (χ0) is 13.8. The molecule has 1 aromatic heterocycles. The summed E-state index contributed by atoms with van der Waals surface area (Å²) in [5.74, 6) is -0.891. The van der Waals surface area contributed by atoms with Crippen molar-refractivity contribution >= 4 is 22.4 Å². The Hall–Kier alpha value is -1.38. The van der Waals surface area contributed by atoms with E-state index in [1.165, 1.54) is 0 Å².